The Balaban J connectivity index is 1.50. The van der Waals surface area contributed by atoms with Crippen molar-refractivity contribution in [1.29, 1.82) is 0 Å². The normalized spacial score (nSPS) is 41.2. The summed E-state index contributed by atoms with van der Waals surface area (Å²) in [7, 11) is 0. The van der Waals surface area contributed by atoms with E-state index in [0.29, 0.717) is 0 Å². The number of aromatic amines is 1. The summed E-state index contributed by atoms with van der Waals surface area (Å²) in [6.07, 6.45) is 12.8. The van der Waals surface area contributed by atoms with Crippen molar-refractivity contribution in [1.82, 2.24) is 10.3 Å². The number of nitrogens with one attached hydrogen (secondary N) is 2. The van der Waals surface area contributed by atoms with Gasteiger partial charge in [-0.25, -0.2) is 0 Å². The van der Waals surface area contributed by atoms with E-state index in [9.17, 15) is 0 Å². The smallest absolute Gasteiger partial charge is 0.0153 e. The van der Waals surface area contributed by atoms with E-state index in [-0.39, 0.29) is 0 Å². The van der Waals surface area contributed by atoms with E-state index >= 15 is 0 Å². The Morgan fingerprint density at radius 1 is 0.909 bits per heavy atom. The van der Waals surface area contributed by atoms with Crippen LogP contribution in [0.2, 0.25) is 0 Å². The van der Waals surface area contributed by atoms with Gasteiger partial charge in [-0.15, -0.1) is 0 Å². The minimum absolute atomic E-state index is 0.805. The van der Waals surface area contributed by atoms with Crippen LogP contribution in [-0.2, 0) is 0 Å². The molecule has 22 heavy (non-hydrogen) atoms. The predicted molar refractivity (Wildman–Crippen MR) is 90.2 cm³/mol. The molecular formula is C20H30N2. The first kappa shape index (κ1) is 13.7. The molecule has 120 valence electrons. The van der Waals surface area contributed by atoms with Crippen molar-refractivity contribution in [3.63, 3.8) is 0 Å². The van der Waals surface area contributed by atoms with Gasteiger partial charge in [0.05, 0.1) is 0 Å². The van der Waals surface area contributed by atoms with Gasteiger partial charge in [-0.3, -0.25) is 0 Å². The minimum Gasteiger partial charge on any atom is -0.365 e. The Morgan fingerprint density at radius 3 is 2.18 bits per heavy atom. The third-order valence-electron chi connectivity index (χ3n) is 7.49. The molecule has 2 heterocycles. The lowest BCUT2D eigenvalue weighted by atomic mass is 9.50. The van der Waals surface area contributed by atoms with Crippen molar-refractivity contribution in [2.45, 2.75) is 63.7 Å². The molecular weight excluding hydrogens is 268 g/mol. The molecule has 2 N–H and O–H groups in total. The summed E-state index contributed by atoms with van der Waals surface area (Å²) in [5.41, 5.74) is 4.95. The average molecular weight is 298 g/mol. The van der Waals surface area contributed by atoms with Crippen molar-refractivity contribution < 1.29 is 0 Å². The largest absolute Gasteiger partial charge is 0.365 e. The van der Waals surface area contributed by atoms with E-state index in [1.54, 1.807) is 17.5 Å². The third-order valence-corrected chi connectivity index (χ3v) is 7.49. The molecule has 5 aliphatic rings. The van der Waals surface area contributed by atoms with E-state index in [1.807, 2.05) is 0 Å². The number of aromatic nitrogens is 1. The molecule has 2 heteroatoms. The van der Waals surface area contributed by atoms with Crippen LogP contribution >= 0.6 is 0 Å². The van der Waals surface area contributed by atoms with Crippen molar-refractivity contribution in [3.8, 4) is 0 Å². The summed E-state index contributed by atoms with van der Waals surface area (Å²) in [6, 6.07) is 0. The number of H-pyrrole nitrogens is 1. The van der Waals surface area contributed by atoms with Gasteiger partial charge in [0.25, 0.3) is 0 Å². The second-order valence-electron chi connectivity index (χ2n) is 8.76. The van der Waals surface area contributed by atoms with Crippen molar-refractivity contribution >= 4 is 0 Å². The first-order chi connectivity index (χ1) is 10.8. The molecule has 0 spiro atoms. The van der Waals surface area contributed by atoms with Crippen LogP contribution < -0.4 is 5.32 Å². The Morgan fingerprint density at radius 2 is 1.55 bits per heavy atom. The first-order valence-electron chi connectivity index (χ1n) is 9.68. The number of hydrogen-bond acceptors (Lipinski definition) is 1. The maximum atomic E-state index is 3.62. The van der Waals surface area contributed by atoms with Crippen LogP contribution in [0.5, 0.6) is 0 Å². The second kappa shape index (κ2) is 5.12. The quantitative estimate of drug-likeness (QED) is 0.835. The number of piperidine rings is 1. The molecule has 4 aliphatic carbocycles. The van der Waals surface area contributed by atoms with Crippen LogP contribution in [0.15, 0.2) is 6.20 Å². The zero-order valence-corrected chi connectivity index (χ0v) is 13.9. The molecule has 1 aromatic rings. The summed E-state index contributed by atoms with van der Waals surface area (Å²) in [5.74, 6) is 5.88. The van der Waals surface area contributed by atoms with Crippen LogP contribution in [0.25, 0.3) is 0 Å². The molecule has 1 aliphatic heterocycles. The van der Waals surface area contributed by atoms with Gasteiger partial charge in [-0.1, -0.05) is 0 Å². The average Bonchev–Trinajstić information content (AvgIpc) is 2.89. The summed E-state index contributed by atoms with van der Waals surface area (Å²) in [4.78, 5) is 3.62. The van der Waals surface area contributed by atoms with Crippen LogP contribution in [0.1, 0.15) is 73.6 Å². The van der Waals surface area contributed by atoms with Crippen LogP contribution in [0.4, 0.5) is 0 Å². The van der Waals surface area contributed by atoms with E-state index in [1.165, 1.54) is 57.3 Å². The van der Waals surface area contributed by atoms with Crippen molar-refractivity contribution in [2.75, 3.05) is 13.1 Å². The van der Waals surface area contributed by atoms with Gasteiger partial charge in [0, 0.05) is 11.9 Å². The van der Waals surface area contributed by atoms with E-state index in [0.717, 1.165) is 35.5 Å². The Hall–Kier alpha value is -0.760. The SMILES string of the molecule is Cc1[nH]cc(C2C3CC4CC(C3)CC2C4)c1C1CCNCC1. The van der Waals surface area contributed by atoms with E-state index < -0.39 is 0 Å². The second-order valence-corrected chi connectivity index (χ2v) is 8.76. The molecule has 4 bridgehead atoms. The lowest BCUT2D eigenvalue weighted by Gasteiger charge is -2.54. The highest BCUT2D eigenvalue weighted by molar-refractivity contribution is 5.38. The number of hydrogen-bond donors (Lipinski definition) is 2. The molecule has 0 unspecified atom stereocenters. The maximum Gasteiger partial charge on any atom is 0.0153 e. The third kappa shape index (κ3) is 2.02. The molecule has 0 radical (unpaired) electrons. The predicted octanol–water partition coefficient (Wildman–Crippen LogP) is 4.33. The molecule has 6 rings (SSSR count). The highest BCUT2D eigenvalue weighted by Gasteiger charge is 2.49. The van der Waals surface area contributed by atoms with Crippen LogP contribution in [0.3, 0.4) is 0 Å². The topological polar surface area (TPSA) is 27.8 Å². The van der Waals surface area contributed by atoms with Crippen LogP contribution in [0, 0.1) is 30.6 Å². The zero-order chi connectivity index (χ0) is 14.7. The number of aryl methyl sites for hydroxylation is 1. The van der Waals surface area contributed by atoms with Gasteiger partial charge >= 0.3 is 0 Å². The molecule has 0 aromatic carbocycles. The molecule has 0 atom stereocenters. The zero-order valence-electron chi connectivity index (χ0n) is 13.9. The van der Waals surface area contributed by atoms with E-state index in [4.69, 9.17) is 0 Å². The lowest BCUT2D eigenvalue weighted by Crippen LogP contribution is -2.44. The van der Waals surface area contributed by atoms with Gasteiger partial charge in [0.15, 0.2) is 0 Å². The monoisotopic (exact) mass is 298 g/mol. The maximum absolute atomic E-state index is 3.62. The Labute approximate surface area is 134 Å². The van der Waals surface area contributed by atoms with Gasteiger partial charge in [-0.05, 0) is 112 Å². The molecule has 5 fully saturated rings. The number of rotatable bonds is 2. The molecule has 0 amide bonds. The highest BCUT2D eigenvalue weighted by Crippen LogP contribution is 2.60. The fourth-order valence-corrected chi connectivity index (χ4v) is 6.92. The van der Waals surface area contributed by atoms with Crippen molar-refractivity contribution in [3.05, 3.63) is 23.0 Å². The molecule has 1 saturated heterocycles. The summed E-state index contributed by atoms with van der Waals surface area (Å²) in [6.45, 7) is 4.73. The Bertz CT molecular complexity index is 524. The van der Waals surface area contributed by atoms with Gasteiger partial charge in [0.1, 0.15) is 0 Å². The Kier molecular flexibility index (Phi) is 3.18. The molecule has 4 saturated carbocycles. The van der Waals surface area contributed by atoms with Crippen molar-refractivity contribution in [2.24, 2.45) is 23.7 Å². The van der Waals surface area contributed by atoms with Crippen LogP contribution in [-0.4, -0.2) is 18.1 Å². The summed E-state index contributed by atoms with van der Waals surface area (Å²) in [5, 5.41) is 3.54. The standard InChI is InChI=1S/C20H30N2/c1-12-19(15-2-4-21-5-3-15)18(11-22-12)20-16-7-13-6-14(9-16)10-17(20)8-13/h11,13-17,20-22H,2-10H2,1H3. The first-order valence-corrected chi connectivity index (χ1v) is 9.68. The fraction of sp³-hybridized carbons (Fsp3) is 0.800. The fourth-order valence-electron chi connectivity index (χ4n) is 6.92. The van der Waals surface area contributed by atoms with Gasteiger partial charge < -0.3 is 10.3 Å². The summed E-state index contributed by atoms with van der Waals surface area (Å²) >= 11 is 0. The summed E-state index contributed by atoms with van der Waals surface area (Å²) < 4.78 is 0. The van der Waals surface area contributed by atoms with E-state index in [2.05, 4.69) is 23.4 Å². The molecule has 2 nitrogen and oxygen atoms in total. The molecule has 1 aromatic heterocycles. The minimum atomic E-state index is 0.805. The van der Waals surface area contributed by atoms with Gasteiger partial charge in [0.2, 0.25) is 0 Å². The lowest BCUT2D eigenvalue weighted by molar-refractivity contribution is -0.00313. The van der Waals surface area contributed by atoms with Gasteiger partial charge in [-0.2, -0.15) is 0 Å². The highest BCUT2D eigenvalue weighted by atomic mass is 14.9.